The molecule has 0 fully saturated rings. The number of amides is 1. The molecule has 0 saturated heterocycles. The molecule has 0 aliphatic heterocycles. The summed E-state index contributed by atoms with van der Waals surface area (Å²) in [5.74, 6) is -1.03. The number of hydrogen-bond acceptors (Lipinski definition) is 6. The Kier molecular flexibility index (Phi) is 8.78. The molecule has 1 aromatic heterocycles. The molecule has 38 heavy (non-hydrogen) atoms. The van der Waals surface area contributed by atoms with Gasteiger partial charge in [-0.3, -0.25) is 9.59 Å². The molecule has 0 aliphatic carbocycles. The number of carbonyl (C=O) groups is 2. The van der Waals surface area contributed by atoms with E-state index in [2.05, 4.69) is 4.99 Å². The molecule has 11 heteroatoms. The van der Waals surface area contributed by atoms with E-state index in [4.69, 9.17) is 16.3 Å². The second-order valence-electron chi connectivity index (χ2n) is 8.25. The van der Waals surface area contributed by atoms with Gasteiger partial charge in [0.15, 0.2) is 4.80 Å². The van der Waals surface area contributed by atoms with Crippen LogP contribution in [-0.2, 0) is 32.6 Å². The van der Waals surface area contributed by atoms with Gasteiger partial charge >= 0.3 is 5.97 Å². The fourth-order valence-corrected chi connectivity index (χ4v) is 6.59. The molecular formula is C27H26ClN3O5S2. The lowest BCUT2D eigenvalue weighted by molar-refractivity contribution is -0.143. The molecule has 0 aliphatic rings. The molecule has 0 bridgehead atoms. The minimum Gasteiger partial charge on any atom is -0.465 e. The summed E-state index contributed by atoms with van der Waals surface area (Å²) in [5, 5.41) is 0.519. The average molecular weight is 572 g/mol. The standard InChI is InChI=1S/C27H26ClN3O5S2/c1-3-30(17-19-8-6-5-7-9-19)38(34,35)22-13-10-20(11-14-22)26(33)29-27-31(18-25(32)36-4-2)23-15-12-21(28)16-24(23)37-27/h5-16H,3-4,17-18H2,1-2H3. The van der Waals surface area contributed by atoms with Gasteiger partial charge in [0, 0.05) is 23.7 Å². The van der Waals surface area contributed by atoms with Gasteiger partial charge < -0.3 is 9.30 Å². The Labute approximate surface area is 229 Å². The Hall–Kier alpha value is -3.31. The van der Waals surface area contributed by atoms with Crippen LogP contribution < -0.4 is 4.80 Å². The number of thiazole rings is 1. The van der Waals surface area contributed by atoms with Crippen LogP contribution in [0.4, 0.5) is 0 Å². The summed E-state index contributed by atoms with van der Waals surface area (Å²) in [6, 6.07) is 20.2. The third-order valence-corrected chi connectivity index (χ3v) is 8.94. The van der Waals surface area contributed by atoms with Crippen LogP contribution in [0.25, 0.3) is 10.2 Å². The predicted octanol–water partition coefficient (Wildman–Crippen LogP) is 4.87. The number of rotatable bonds is 9. The topological polar surface area (TPSA) is 98.0 Å². The highest BCUT2D eigenvalue weighted by molar-refractivity contribution is 7.89. The van der Waals surface area contributed by atoms with Crippen LogP contribution in [0.1, 0.15) is 29.8 Å². The van der Waals surface area contributed by atoms with Crippen LogP contribution in [0.5, 0.6) is 0 Å². The van der Waals surface area contributed by atoms with Gasteiger partial charge in [0.2, 0.25) is 10.0 Å². The molecule has 1 heterocycles. The monoisotopic (exact) mass is 571 g/mol. The highest BCUT2D eigenvalue weighted by Gasteiger charge is 2.23. The van der Waals surface area contributed by atoms with Gasteiger partial charge in [-0.2, -0.15) is 9.30 Å². The zero-order valence-electron chi connectivity index (χ0n) is 20.8. The number of sulfonamides is 1. The molecule has 0 unspecified atom stereocenters. The van der Waals surface area contributed by atoms with Crippen LogP contribution >= 0.6 is 22.9 Å². The fraction of sp³-hybridized carbons (Fsp3) is 0.222. The van der Waals surface area contributed by atoms with E-state index >= 15 is 0 Å². The molecule has 4 aromatic rings. The van der Waals surface area contributed by atoms with Crippen molar-refractivity contribution in [1.29, 1.82) is 0 Å². The Morgan fingerprint density at radius 2 is 1.74 bits per heavy atom. The first-order valence-electron chi connectivity index (χ1n) is 11.9. The van der Waals surface area contributed by atoms with Gasteiger partial charge in [-0.15, -0.1) is 0 Å². The van der Waals surface area contributed by atoms with E-state index in [9.17, 15) is 18.0 Å². The largest absolute Gasteiger partial charge is 0.465 e. The van der Waals surface area contributed by atoms with Crippen molar-refractivity contribution in [1.82, 2.24) is 8.87 Å². The maximum atomic E-state index is 13.2. The number of esters is 1. The lowest BCUT2D eigenvalue weighted by Gasteiger charge is -2.20. The van der Waals surface area contributed by atoms with E-state index < -0.39 is 21.9 Å². The lowest BCUT2D eigenvalue weighted by Crippen LogP contribution is -2.30. The third-order valence-electron chi connectivity index (χ3n) is 5.73. The number of aromatic nitrogens is 1. The number of ether oxygens (including phenoxy) is 1. The van der Waals surface area contributed by atoms with E-state index in [0.29, 0.717) is 21.9 Å². The third kappa shape index (κ3) is 6.21. The van der Waals surface area contributed by atoms with Crippen molar-refractivity contribution in [3.05, 3.63) is 93.7 Å². The number of fused-ring (bicyclic) bond motifs is 1. The van der Waals surface area contributed by atoms with Crippen LogP contribution in [0.15, 0.2) is 82.7 Å². The molecule has 8 nitrogen and oxygen atoms in total. The summed E-state index contributed by atoms with van der Waals surface area (Å²) in [5.41, 5.74) is 1.79. The minimum absolute atomic E-state index is 0.0840. The van der Waals surface area contributed by atoms with Gasteiger partial charge in [-0.05, 0) is 55.0 Å². The molecule has 0 radical (unpaired) electrons. The SMILES string of the molecule is CCOC(=O)Cn1c(=NC(=O)c2ccc(S(=O)(=O)N(CC)Cc3ccccc3)cc2)sc2cc(Cl)ccc21. The summed E-state index contributed by atoms with van der Waals surface area (Å²) < 4.78 is 35.3. The van der Waals surface area contributed by atoms with Crippen molar-refractivity contribution >= 4 is 55.1 Å². The molecular weight excluding hydrogens is 546 g/mol. The van der Waals surface area contributed by atoms with Crippen LogP contribution in [0.2, 0.25) is 5.02 Å². The highest BCUT2D eigenvalue weighted by atomic mass is 35.5. The maximum absolute atomic E-state index is 13.2. The molecule has 4 rings (SSSR count). The van der Waals surface area contributed by atoms with Crippen molar-refractivity contribution in [2.75, 3.05) is 13.2 Å². The lowest BCUT2D eigenvalue weighted by atomic mass is 10.2. The second-order valence-corrected chi connectivity index (χ2v) is 11.6. The van der Waals surface area contributed by atoms with Crippen molar-refractivity contribution < 1.29 is 22.7 Å². The van der Waals surface area contributed by atoms with Crippen molar-refractivity contribution in [2.45, 2.75) is 31.8 Å². The Morgan fingerprint density at radius 1 is 1.03 bits per heavy atom. The first-order valence-corrected chi connectivity index (χ1v) is 14.5. The quantitative estimate of drug-likeness (QED) is 0.267. The smallest absolute Gasteiger partial charge is 0.326 e. The van der Waals surface area contributed by atoms with Crippen LogP contribution in [0, 0.1) is 0 Å². The van der Waals surface area contributed by atoms with Gasteiger partial charge in [0.25, 0.3) is 5.91 Å². The van der Waals surface area contributed by atoms with E-state index in [-0.39, 0.29) is 30.2 Å². The zero-order chi connectivity index (χ0) is 27.3. The zero-order valence-corrected chi connectivity index (χ0v) is 23.2. The predicted molar refractivity (Wildman–Crippen MR) is 148 cm³/mol. The molecule has 0 N–H and O–H groups in total. The van der Waals surface area contributed by atoms with E-state index in [1.54, 1.807) is 36.6 Å². The molecule has 0 saturated carbocycles. The van der Waals surface area contributed by atoms with Crippen LogP contribution in [0.3, 0.4) is 0 Å². The van der Waals surface area contributed by atoms with Crippen molar-refractivity contribution in [3.8, 4) is 0 Å². The number of benzene rings is 3. The number of halogens is 1. The highest BCUT2D eigenvalue weighted by Crippen LogP contribution is 2.23. The normalized spacial score (nSPS) is 12.3. The number of carbonyl (C=O) groups excluding carboxylic acids is 2. The first-order chi connectivity index (χ1) is 18.2. The summed E-state index contributed by atoms with van der Waals surface area (Å²) in [6.45, 7) is 4.15. The average Bonchev–Trinajstić information content (AvgIpc) is 3.23. The van der Waals surface area contributed by atoms with Crippen molar-refractivity contribution in [2.24, 2.45) is 4.99 Å². The van der Waals surface area contributed by atoms with Gasteiger partial charge in [0.1, 0.15) is 6.54 Å². The summed E-state index contributed by atoms with van der Waals surface area (Å²) in [7, 11) is -3.77. The molecule has 1 amide bonds. The van der Waals surface area contributed by atoms with E-state index in [0.717, 1.165) is 10.3 Å². The Balaban J connectivity index is 1.63. The summed E-state index contributed by atoms with van der Waals surface area (Å²) >= 11 is 7.34. The Morgan fingerprint density at radius 3 is 2.39 bits per heavy atom. The van der Waals surface area contributed by atoms with Crippen LogP contribution in [-0.4, -0.2) is 42.3 Å². The second kappa shape index (κ2) is 12.0. The fourth-order valence-electron chi connectivity index (χ4n) is 3.84. The molecule has 0 atom stereocenters. The molecule has 0 spiro atoms. The molecule has 198 valence electrons. The van der Waals surface area contributed by atoms with Crippen molar-refractivity contribution in [3.63, 3.8) is 0 Å². The maximum Gasteiger partial charge on any atom is 0.326 e. The minimum atomic E-state index is -3.77. The Bertz CT molecular complexity index is 1630. The van der Waals surface area contributed by atoms with Gasteiger partial charge in [-0.1, -0.05) is 60.2 Å². The first kappa shape index (κ1) is 27.7. The van der Waals surface area contributed by atoms with E-state index in [1.165, 1.54) is 39.9 Å². The van der Waals surface area contributed by atoms with Gasteiger partial charge in [-0.25, -0.2) is 8.42 Å². The summed E-state index contributed by atoms with van der Waals surface area (Å²) in [4.78, 5) is 29.9. The summed E-state index contributed by atoms with van der Waals surface area (Å²) in [6.07, 6.45) is 0. The molecule has 3 aromatic carbocycles. The number of hydrogen-bond donors (Lipinski definition) is 0. The van der Waals surface area contributed by atoms with E-state index in [1.807, 2.05) is 30.3 Å². The van der Waals surface area contributed by atoms with Gasteiger partial charge in [0.05, 0.1) is 21.7 Å². The number of nitrogens with zero attached hydrogens (tertiary/aromatic N) is 3.